The SMILES string of the molecule is FC1=CC(N2CC3NC[C@H]32)=CC(F)C1c1ccnc2c(-c3ccc(F)c4[nH]ncc34)c(-c3ccncc3)nn12. The Morgan fingerprint density at radius 2 is 1.90 bits per heavy atom. The zero-order chi connectivity index (χ0) is 26.2. The first kappa shape index (κ1) is 22.5. The van der Waals surface area contributed by atoms with Crippen LogP contribution in [0, 0.1) is 5.82 Å². The lowest BCUT2D eigenvalue weighted by atomic mass is 9.85. The van der Waals surface area contributed by atoms with Gasteiger partial charge in [-0.25, -0.2) is 22.7 Å². The molecule has 0 bridgehead atoms. The lowest BCUT2D eigenvalue weighted by molar-refractivity contribution is 0.0145. The molecule has 4 atom stereocenters. The Kier molecular flexibility index (Phi) is 4.75. The van der Waals surface area contributed by atoms with Crippen molar-refractivity contribution in [3.63, 3.8) is 0 Å². The van der Waals surface area contributed by atoms with E-state index in [-0.39, 0.29) is 5.52 Å². The Hall–Kier alpha value is -4.51. The third-order valence-corrected chi connectivity index (χ3v) is 8.06. The molecule has 2 N–H and O–H groups in total. The van der Waals surface area contributed by atoms with Gasteiger partial charge in [-0.3, -0.25) is 10.1 Å². The molecule has 1 aromatic carbocycles. The van der Waals surface area contributed by atoms with Gasteiger partial charge in [0.25, 0.3) is 0 Å². The number of nitrogens with zero attached hydrogens (tertiary/aromatic N) is 6. The Balaban J connectivity index is 1.31. The zero-order valence-corrected chi connectivity index (χ0v) is 20.4. The Bertz CT molecular complexity index is 1830. The van der Waals surface area contributed by atoms with Gasteiger partial charge in [0, 0.05) is 54.4 Å². The number of aromatic nitrogens is 6. The summed E-state index contributed by atoms with van der Waals surface area (Å²) < 4.78 is 47.5. The van der Waals surface area contributed by atoms with Gasteiger partial charge in [0.1, 0.15) is 29.0 Å². The van der Waals surface area contributed by atoms with Crippen LogP contribution >= 0.6 is 0 Å². The highest BCUT2D eigenvalue weighted by Crippen LogP contribution is 2.43. The van der Waals surface area contributed by atoms with E-state index >= 15 is 8.78 Å². The molecule has 1 aliphatic carbocycles. The van der Waals surface area contributed by atoms with Crippen LogP contribution in [-0.2, 0) is 0 Å². The highest BCUT2D eigenvalue weighted by atomic mass is 19.1. The summed E-state index contributed by atoms with van der Waals surface area (Å²) in [6.07, 6.45) is 7.69. The number of likely N-dealkylation sites (tertiary alicyclic amines) is 1. The van der Waals surface area contributed by atoms with Crippen molar-refractivity contribution in [3.05, 3.63) is 90.3 Å². The van der Waals surface area contributed by atoms with Crippen LogP contribution in [0.1, 0.15) is 11.6 Å². The summed E-state index contributed by atoms with van der Waals surface area (Å²) in [5, 5.41) is 15.4. The van der Waals surface area contributed by atoms with Crippen LogP contribution in [0.25, 0.3) is 38.9 Å². The minimum atomic E-state index is -1.59. The van der Waals surface area contributed by atoms with Gasteiger partial charge in [-0.15, -0.1) is 0 Å². The van der Waals surface area contributed by atoms with Crippen LogP contribution in [-0.4, -0.2) is 66.0 Å². The molecule has 0 saturated carbocycles. The highest BCUT2D eigenvalue weighted by molar-refractivity contribution is 6.02. The highest BCUT2D eigenvalue weighted by Gasteiger charge is 2.47. The number of alkyl halides is 1. The number of pyridine rings is 1. The number of nitrogens with one attached hydrogen (secondary N) is 2. The second kappa shape index (κ2) is 8.24. The van der Waals surface area contributed by atoms with Crippen molar-refractivity contribution in [1.29, 1.82) is 0 Å². The number of hydrogen-bond acceptors (Lipinski definition) is 6. The molecule has 4 aromatic heterocycles. The van der Waals surface area contributed by atoms with E-state index in [1.807, 2.05) is 4.90 Å². The molecule has 0 spiro atoms. The molecule has 3 unspecified atom stereocenters. The number of piperazine rings is 1. The molecular formula is C28H21F3N8. The molecule has 39 heavy (non-hydrogen) atoms. The summed E-state index contributed by atoms with van der Waals surface area (Å²) in [5.74, 6) is -2.19. The Labute approximate surface area is 219 Å². The van der Waals surface area contributed by atoms with E-state index in [4.69, 9.17) is 5.10 Å². The molecule has 2 fully saturated rings. The molecule has 2 saturated heterocycles. The summed E-state index contributed by atoms with van der Waals surface area (Å²) in [6, 6.07) is 8.88. The second-order valence-electron chi connectivity index (χ2n) is 10.1. The van der Waals surface area contributed by atoms with E-state index in [2.05, 4.69) is 25.5 Å². The largest absolute Gasteiger partial charge is 0.364 e. The third kappa shape index (κ3) is 3.22. The fourth-order valence-electron chi connectivity index (χ4n) is 5.96. The summed E-state index contributed by atoms with van der Waals surface area (Å²) in [6.45, 7) is 1.57. The minimum Gasteiger partial charge on any atom is -0.364 e. The minimum absolute atomic E-state index is 0.251. The van der Waals surface area contributed by atoms with Gasteiger partial charge in [0.15, 0.2) is 5.65 Å². The lowest BCUT2D eigenvalue weighted by Gasteiger charge is -2.58. The van der Waals surface area contributed by atoms with Gasteiger partial charge in [-0.1, -0.05) is 6.07 Å². The van der Waals surface area contributed by atoms with Gasteiger partial charge in [0.2, 0.25) is 0 Å². The van der Waals surface area contributed by atoms with Crippen LogP contribution < -0.4 is 5.32 Å². The number of H-pyrrole nitrogens is 1. The van der Waals surface area contributed by atoms with Crippen LogP contribution in [0.2, 0.25) is 0 Å². The van der Waals surface area contributed by atoms with Gasteiger partial charge < -0.3 is 10.2 Å². The van der Waals surface area contributed by atoms with Gasteiger partial charge in [-0.2, -0.15) is 10.2 Å². The normalized spacial score (nSPS) is 24.2. The summed E-state index contributed by atoms with van der Waals surface area (Å²) in [5.41, 5.74) is 4.07. The number of hydrogen-bond donors (Lipinski definition) is 2. The summed E-state index contributed by atoms with van der Waals surface area (Å²) >= 11 is 0. The maximum absolute atomic E-state index is 15.8. The number of halogens is 3. The molecule has 11 heteroatoms. The monoisotopic (exact) mass is 526 g/mol. The van der Waals surface area contributed by atoms with E-state index in [1.165, 1.54) is 28.9 Å². The van der Waals surface area contributed by atoms with Crippen molar-refractivity contribution in [3.8, 4) is 22.4 Å². The van der Waals surface area contributed by atoms with Crippen molar-refractivity contribution in [1.82, 2.24) is 40.0 Å². The fraction of sp³-hybridized carbons (Fsp3) is 0.214. The topological polar surface area (TPSA) is 87.0 Å². The van der Waals surface area contributed by atoms with Crippen molar-refractivity contribution < 1.29 is 13.2 Å². The number of allylic oxidation sites excluding steroid dienone is 3. The van der Waals surface area contributed by atoms with Crippen molar-refractivity contribution in [2.45, 2.75) is 24.2 Å². The van der Waals surface area contributed by atoms with E-state index in [9.17, 15) is 4.39 Å². The fourth-order valence-corrected chi connectivity index (χ4v) is 5.96. The standard InChI is InChI=1S/C28H21F3N8/c29-18-2-1-16(17-11-35-36-27(17)18)24-26(14-3-6-32-7-4-14)37-39-22(5-8-33-28(24)39)25-19(30)9-15(10-20(25)31)38-13-21-23(38)12-34-21/h1-11,19,21,23,25,34H,12-13H2,(H,35,36)/t19?,21?,23-,25?/m1/s1. The van der Waals surface area contributed by atoms with Gasteiger partial charge in [0.05, 0.1) is 29.4 Å². The molecule has 8 rings (SSSR count). The number of aromatic amines is 1. The van der Waals surface area contributed by atoms with Crippen LogP contribution in [0.4, 0.5) is 13.2 Å². The summed E-state index contributed by atoms with van der Waals surface area (Å²) in [7, 11) is 0. The van der Waals surface area contributed by atoms with Crippen LogP contribution in [0.5, 0.6) is 0 Å². The van der Waals surface area contributed by atoms with Crippen molar-refractivity contribution in [2.24, 2.45) is 0 Å². The van der Waals surface area contributed by atoms with Crippen molar-refractivity contribution in [2.75, 3.05) is 13.1 Å². The second-order valence-corrected chi connectivity index (χ2v) is 10.1. The molecule has 0 radical (unpaired) electrons. The molecular weight excluding hydrogens is 505 g/mol. The molecule has 194 valence electrons. The molecule has 8 nitrogen and oxygen atoms in total. The van der Waals surface area contributed by atoms with E-state index in [1.54, 1.807) is 42.9 Å². The van der Waals surface area contributed by atoms with Crippen LogP contribution in [0.15, 0.2) is 78.8 Å². The van der Waals surface area contributed by atoms with E-state index < -0.39 is 23.7 Å². The number of benzene rings is 1. The van der Waals surface area contributed by atoms with E-state index in [0.717, 1.165) is 18.7 Å². The average Bonchev–Trinajstić information content (AvgIpc) is 3.57. The van der Waals surface area contributed by atoms with Gasteiger partial charge in [-0.05, 0) is 42.0 Å². The predicted molar refractivity (Wildman–Crippen MR) is 138 cm³/mol. The predicted octanol–water partition coefficient (Wildman–Crippen LogP) is 4.30. The maximum Gasteiger partial charge on any atom is 0.163 e. The molecule has 2 aliphatic heterocycles. The number of fused-ring (bicyclic) bond motifs is 3. The molecule has 3 aliphatic rings. The number of rotatable bonds is 4. The smallest absolute Gasteiger partial charge is 0.163 e. The van der Waals surface area contributed by atoms with Crippen LogP contribution in [0.3, 0.4) is 0 Å². The van der Waals surface area contributed by atoms with Crippen molar-refractivity contribution >= 4 is 16.6 Å². The molecule has 6 heterocycles. The quantitative estimate of drug-likeness (QED) is 0.363. The first-order chi connectivity index (χ1) is 19.1. The Morgan fingerprint density at radius 1 is 1.03 bits per heavy atom. The first-order valence-electron chi connectivity index (χ1n) is 12.7. The maximum atomic E-state index is 15.8. The summed E-state index contributed by atoms with van der Waals surface area (Å²) in [4.78, 5) is 10.7. The Morgan fingerprint density at radius 3 is 2.64 bits per heavy atom. The lowest BCUT2D eigenvalue weighted by Crippen LogP contribution is -2.77. The van der Waals surface area contributed by atoms with Gasteiger partial charge >= 0.3 is 0 Å². The zero-order valence-electron chi connectivity index (χ0n) is 20.4. The van der Waals surface area contributed by atoms with E-state index in [0.29, 0.717) is 51.3 Å². The molecule has 5 aromatic rings. The third-order valence-electron chi connectivity index (χ3n) is 8.06. The molecule has 0 amide bonds. The average molecular weight is 527 g/mol. The first-order valence-corrected chi connectivity index (χ1v) is 12.7.